The van der Waals surface area contributed by atoms with Gasteiger partial charge in [0.15, 0.2) is 17.5 Å². The summed E-state index contributed by atoms with van der Waals surface area (Å²) in [6.07, 6.45) is 6.74. The average Bonchev–Trinajstić information content (AvgIpc) is 3.26. The highest BCUT2D eigenvalue weighted by Gasteiger charge is 2.31. The molecule has 1 atom stereocenters. The highest BCUT2D eigenvalue weighted by atomic mass is 127. The van der Waals surface area contributed by atoms with E-state index in [1.54, 1.807) is 14.2 Å². The van der Waals surface area contributed by atoms with Crippen molar-refractivity contribution in [3.63, 3.8) is 0 Å². The van der Waals surface area contributed by atoms with E-state index in [-0.39, 0.29) is 35.9 Å². The molecule has 1 aromatic rings. The van der Waals surface area contributed by atoms with Gasteiger partial charge in [-0.3, -0.25) is 4.79 Å². The number of carbonyl (C=O) groups is 1. The number of halogens is 1. The number of hydrogen-bond donors (Lipinski definition) is 2. The van der Waals surface area contributed by atoms with Crippen LogP contribution in [-0.2, 0) is 11.3 Å². The molecule has 1 aliphatic carbocycles. The molecule has 1 saturated heterocycles. The molecular weight excluding hydrogens is 507 g/mol. The largest absolute Gasteiger partial charge is 0.493 e. The van der Waals surface area contributed by atoms with Crippen molar-refractivity contribution in [3.05, 3.63) is 23.8 Å². The van der Waals surface area contributed by atoms with E-state index in [0.717, 1.165) is 50.4 Å². The fourth-order valence-electron chi connectivity index (χ4n) is 4.35. The number of ether oxygens (including phenoxy) is 2. The van der Waals surface area contributed by atoms with Gasteiger partial charge < -0.3 is 25.0 Å². The van der Waals surface area contributed by atoms with E-state index in [1.807, 2.05) is 23.1 Å². The van der Waals surface area contributed by atoms with Crippen LogP contribution in [0, 0.1) is 5.92 Å². The normalized spacial score (nSPS) is 19.5. The molecule has 8 heteroatoms. The minimum absolute atomic E-state index is 0. The molecule has 2 N–H and O–H groups in total. The molecule has 0 radical (unpaired) electrons. The van der Waals surface area contributed by atoms with Gasteiger partial charge in [0.2, 0.25) is 5.91 Å². The second-order valence-corrected chi connectivity index (χ2v) is 8.13. The Hall–Kier alpha value is -1.71. The number of guanidine groups is 1. The van der Waals surface area contributed by atoms with Gasteiger partial charge in [0, 0.05) is 31.6 Å². The lowest BCUT2D eigenvalue weighted by atomic mass is 9.88. The first-order chi connectivity index (χ1) is 14.6. The number of benzene rings is 1. The van der Waals surface area contributed by atoms with Crippen LogP contribution in [0.15, 0.2) is 23.2 Å². The second kappa shape index (κ2) is 13.0. The second-order valence-electron chi connectivity index (χ2n) is 8.13. The third-order valence-electron chi connectivity index (χ3n) is 6.01. The molecule has 2 aliphatic rings. The number of hydrogen-bond acceptors (Lipinski definition) is 4. The number of methoxy groups -OCH3 is 2. The van der Waals surface area contributed by atoms with E-state index in [0.29, 0.717) is 24.0 Å². The summed E-state index contributed by atoms with van der Waals surface area (Å²) in [6, 6.07) is 6.08. The van der Waals surface area contributed by atoms with E-state index in [4.69, 9.17) is 14.5 Å². The molecule has 1 aromatic carbocycles. The van der Waals surface area contributed by atoms with Crippen LogP contribution >= 0.6 is 24.0 Å². The zero-order valence-corrected chi connectivity index (χ0v) is 21.3. The zero-order valence-electron chi connectivity index (χ0n) is 19.0. The predicted molar refractivity (Wildman–Crippen MR) is 134 cm³/mol. The minimum atomic E-state index is 0. The van der Waals surface area contributed by atoms with Crippen molar-refractivity contribution in [3.8, 4) is 11.5 Å². The number of carbonyl (C=O) groups excluding carboxylic acids is 1. The molecule has 3 rings (SSSR count). The van der Waals surface area contributed by atoms with Gasteiger partial charge in [-0.15, -0.1) is 24.0 Å². The predicted octanol–water partition coefficient (Wildman–Crippen LogP) is 3.56. The molecule has 0 aromatic heterocycles. The first-order valence-corrected chi connectivity index (χ1v) is 11.2. The minimum Gasteiger partial charge on any atom is -0.493 e. The average molecular weight is 544 g/mol. The van der Waals surface area contributed by atoms with E-state index in [2.05, 4.69) is 17.6 Å². The van der Waals surface area contributed by atoms with Gasteiger partial charge in [-0.1, -0.05) is 25.3 Å². The Balaban J connectivity index is 0.00000341. The van der Waals surface area contributed by atoms with Crippen LogP contribution in [0.1, 0.15) is 51.0 Å². The molecular formula is C23H37IN4O3. The Labute approximate surface area is 203 Å². The van der Waals surface area contributed by atoms with Crippen molar-refractivity contribution < 1.29 is 14.3 Å². The maximum Gasteiger partial charge on any atom is 0.225 e. The molecule has 0 spiro atoms. The number of nitrogens with one attached hydrogen (secondary N) is 2. The van der Waals surface area contributed by atoms with E-state index in [9.17, 15) is 4.79 Å². The smallest absolute Gasteiger partial charge is 0.225 e. The maximum atomic E-state index is 12.8. The lowest BCUT2D eigenvalue weighted by Crippen LogP contribution is -2.45. The summed E-state index contributed by atoms with van der Waals surface area (Å²) in [7, 11) is 3.27. The van der Waals surface area contributed by atoms with Crippen LogP contribution in [0.4, 0.5) is 0 Å². The number of rotatable bonds is 7. The van der Waals surface area contributed by atoms with Crippen molar-refractivity contribution in [2.75, 3.05) is 33.9 Å². The van der Waals surface area contributed by atoms with E-state index < -0.39 is 0 Å². The lowest BCUT2D eigenvalue weighted by Gasteiger charge is -2.26. The third kappa shape index (κ3) is 7.15. The van der Waals surface area contributed by atoms with Gasteiger partial charge in [0.1, 0.15) is 0 Å². The number of amides is 1. The molecule has 174 valence electrons. The first kappa shape index (κ1) is 25.5. The van der Waals surface area contributed by atoms with Crippen LogP contribution in [-0.4, -0.2) is 56.7 Å². The molecule has 1 unspecified atom stereocenters. The summed E-state index contributed by atoms with van der Waals surface area (Å²) >= 11 is 0. The molecule has 1 aliphatic heterocycles. The van der Waals surface area contributed by atoms with Crippen molar-refractivity contribution in [2.45, 2.75) is 58.0 Å². The molecule has 1 saturated carbocycles. The first-order valence-electron chi connectivity index (χ1n) is 11.2. The van der Waals surface area contributed by atoms with Gasteiger partial charge in [0.05, 0.1) is 20.8 Å². The topological polar surface area (TPSA) is 75.2 Å². The number of aliphatic imine (C=N–C) groups is 1. The maximum absolute atomic E-state index is 12.8. The van der Waals surface area contributed by atoms with E-state index >= 15 is 0 Å². The fraction of sp³-hybridized carbons (Fsp3) is 0.652. The summed E-state index contributed by atoms with van der Waals surface area (Å²) in [6.45, 7) is 4.97. The van der Waals surface area contributed by atoms with Crippen LogP contribution in [0.3, 0.4) is 0 Å². The molecule has 2 fully saturated rings. The third-order valence-corrected chi connectivity index (χ3v) is 6.01. The lowest BCUT2D eigenvalue weighted by molar-refractivity contribution is -0.135. The molecule has 31 heavy (non-hydrogen) atoms. The van der Waals surface area contributed by atoms with Crippen molar-refractivity contribution in [1.82, 2.24) is 15.5 Å². The quantitative estimate of drug-likeness (QED) is 0.312. The van der Waals surface area contributed by atoms with Crippen molar-refractivity contribution in [1.29, 1.82) is 0 Å². The summed E-state index contributed by atoms with van der Waals surface area (Å²) in [5, 5.41) is 6.83. The van der Waals surface area contributed by atoms with Gasteiger partial charge in [-0.2, -0.15) is 0 Å². The number of likely N-dealkylation sites (tertiary alicyclic amines) is 1. The van der Waals surface area contributed by atoms with Crippen molar-refractivity contribution in [2.24, 2.45) is 10.9 Å². The molecule has 1 amide bonds. The molecule has 1 heterocycles. The summed E-state index contributed by atoms with van der Waals surface area (Å²) in [5.74, 6) is 2.79. The van der Waals surface area contributed by atoms with Gasteiger partial charge in [-0.25, -0.2) is 4.99 Å². The SMILES string of the molecule is CCNC(=NCc1ccc(OC)c(OC)c1)NC1CCN(C(=O)C2CCCCC2)C1.I. The standard InChI is InChI=1S/C23H36N4O3.HI/c1-4-24-23(25-15-17-10-11-20(29-2)21(14-17)30-3)26-19-12-13-27(16-19)22(28)18-8-6-5-7-9-18;/h10-11,14,18-19H,4-9,12-13,15-16H2,1-3H3,(H2,24,25,26);1H. The van der Waals surface area contributed by atoms with Crippen LogP contribution in [0.5, 0.6) is 11.5 Å². The fourth-order valence-corrected chi connectivity index (χ4v) is 4.35. The van der Waals surface area contributed by atoms with Crippen LogP contribution in [0.2, 0.25) is 0 Å². The Morgan fingerprint density at radius 3 is 2.55 bits per heavy atom. The van der Waals surface area contributed by atoms with Crippen molar-refractivity contribution >= 4 is 35.8 Å². The summed E-state index contributed by atoms with van der Waals surface area (Å²) in [4.78, 5) is 19.6. The Morgan fingerprint density at radius 2 is 1.87 bits per heavy atom. The highest BCUT2D eigenvalue weighted by molar-refractivity contribution is 14.0. The van der Waals surface area contributed by atoms with Crippen LogP contribution in [0.25, 0.3) is 0 Å². The van der Waals surface area contributed by atoms with Crippen LogP contribution < -0.4 is 20.1 Å². The van der Waals surface area contributed by atoms with Gasteiger partial charge in [0.25, 0.3) is 0 Å². The monoisotopic (exact) mass is 544 g/mol. The Bertz CT molecular complexity index is 738. The number of nitrogens with zero attached hydrogens (tertiary/aromatic N) is 2. The molecule has 0 bridgehead atoms. The highest BCUT2D eigenvalue weighted by Crippen LogP contribution is 2.28. The summed E-state index contributed by atoms with van der Waals surface area (Å²) in [5.41, 5.74) is 1.05. The molecule has 7 nitrogen and oxygen atoms in total. The van der Waals surface area contributed by atoms with Gasteiger partial charge in [-0.05, 0) is 43.9 Å². The Kier molecular flexibility index (Phi) is 10.7. The Morgan fingerprint density at radius 1 is 1.13 bits per heavy atom. The van der Waals surface area contributed by atoms with Gasteiger partial charge >= 0.3 is 0 Å². The summed E-state index contributed by atoms with van der Waals surface area (Å²) < 4.78 is 10.7. The van der Waals surface area contributed by atoms with E-state index in [1.165, 1.54) is 19.3 Å². The zero-order chi connectivity index (χ0) is 21.3.